The van der Waals surface area contributed by atoms with Gasteiger partial charge in [0.05, 0.1) is 15.1 Å². The third-order valence-corrected chi connectivity index (χ3v) is 7.93. The van der Waals surface area contributed by atoms with Gasteiger partial charge in [0.15, 0.2) is 0 Å². The Labute approximate surface area is 171 Å². The number of fused-ring (bicyclic) bond motifs is 1. The summed E-state index contributed by atoms with van der Waals surface area (Å²) in [7, 11) is -3.56. The third-order valence-electron chi connectivity index (χ3n) is 5.53. The predicted octanol–water partition coefficient (Wildman–Crippen LogP) is 3.41. The molecule has 1 fully saturated rings. The minimum Gasteiger partial charge on any atom is -0.300 e. The van der Waals surface area contributed by atoms with E-state index in [1.54, 1.807) is 22.8 Å². The summed E-state index contributed by atoms with van der Waals surface area (Å²) in [6.07, 6.45) is 6.62. The summed E-state index contributed by atoms with van der Waals surface area (Å²) in [6.45, 7) is 7.38. The van der Waals surface area contributed by atoms with Gasteiger partial charge in [-0.25, -0.2) is 13.1 Å². The smallest absolute Gasteiger partial charge is 0.300 e. The molecule has 0 saturated carbocycles. The van der Waals surface area contributed by atoms with Gasteiger partial charge >= 0.3 is 4.87 Å². The van der Waals surface area contributed by atoms with E-state index in [9.17, 15) is 13.2 Å². The highest BCUT2D eigenvalue weighted by Gasteiger charge is 2.21. The second-order valence-electron chi connectivity index (χ2n) is 7.49. The van der Waals surface area contributed by atoms with Gasteiger partial charge in [-0.1, -0.05) is 31.6 Å². The Hall–Kier alpha value is -1.22. The number of nitrogens with one attached hydrogen (secondary N) is 1. The van der Waals surface area contributed by atoms with Crippen molar-refractivity contribution in [2.24, 2.45) is 0 Å². The van der Waals surface area contributed by atoms with Gasteiger partial charge in [0.1, 0.15) is 0 Å². The fourth-order valence-electron chi connectivity index (χ4n) is 4.04. The molecule has 0 aliphatic carbocycles. The number of likely N-dealkylation sites (tertiary alicyclic amines) is 1. The minimum absolute atomic E-state index is 0.0358. The fourth-order valence-corrected chi connectivity index (χ4v) is 6.17. The number of hydrogen-bond donors (Lipinski definition) is 1. The van der Waals surface area contributed by atoms with E-state index < -0.39 is 10.0 Å². The van der Waals surface area contributed by atoms with Crippen LogP contribution in [0.15, 0.2) is 27.9 Å². The average molecular weight is 426 g/mol. The van der Waals surface area contributed by atoms with Crippen LogP contribution in [0, 0.1) is 0 Å². The molecule has 0 amide bonds. The van der Waals surface area contributed by atoms with Crippen LogP contribution in [0.3, 0.4) is 0 Å². The van der Waals surface area contributed by atoms with Crippen molar-refractivity contribution in [2.75, 3.05) is 19.6 Å². The Morgan fingerprint density at radius 2 is 2.04 bits per heavy atom. The highest BCUT2D eigenvalue weighted by molar-refractivity contribution is 7.89. The molecule has 2 heterocycles. The van der Waals surface area contributed by atoms with Crippen LogP contribution in [0.1, 0.15) is 52.4 Å². The van der Waals surface area contributed by atoms with Crippen molar-refractivity contribution in [1.82, 2.24) is 14.2 Å². The third kappa shape index (κ3) is 4.84. The number of benzene rings is 1. The molecule has 0 unspecified atom stereocenters. The van der Waals surface area contributed by atoms with Gasteiger partial charge in [0, 0.05) is 19.1 Å². The monoisotopic (exact) mass is 425 g/mol. The van der Waals surface area contributed by atoms with E-state index in [0.717, 1.165) is 53.9 Å². The van der Waals surface area contributed by atoms with Gasteiger partial charge in [0.2, 0.25) is 10.0 Å². The molecule has 1 aromatic heterocycles. The maximum Gasteiger partial charge on any atom is 0.308 e. The van der Waals surface area contributed by atoms with Crippen molar-refractivity contribution in [1.29, 1.82) is 0 Å². The Morgan fingerprint density at radius 1 is 1.21 bits per heavy atom. The Kier molecular flexibility index (Phi) is 7.31. The lowest BCUT2D eigenvalue weighted by Crippen LogP contribution is -2.40. The standard InChI is InChI=1S/C20H31N3O3S2/c1-3-12-23-18-10-9-17(15-19(18)27-20(23)24)28(25,26)21-11-7-14-22-13-6-5-8-16(22)4-2/h9-10,15-16,21H,3-8,11-14H2,1-2H3/t16-/m1/s1. The summed E-state index contributed by atoms with van der Waals surface area (Å²) in [5.41, 5.74) is 0.812. The Bertz CT molecular complexity index is 949. The lowest BCUT2D eigenvalue weighted by molar-refractivity contribution is 0.143. The number of rotatable bonds is 9. The topological polar surface area (TPSA) is 71.4 Å². The molecule has 1 aliphatic heterocycles. The van der Waals surface area contributed by atoms with Crippen LogP contribution in [-0.2, 0) is 16.6 Å². The molecule has 0 spiro atoms. The van der Waals surface area contributed by atoms with Gasteiger partial charge in [-0.15, -0.1) is 0 Å². The zero-order valence-electron chi connectivity index (χ0n) is 16.8. The van der Waals surface area contributed by atoms with Gasteiger partial charge in [-0.2, -0.15) is 0 Å². The molecule has 0 radical (unpaired) electrons. The van der Waals surface area contributed by atoms with E-state index in [-0.39, 0.29) is 9.77 Å². The lowest BCUT2D eigenvalue weighted by Gasteiger charge is -2.35. The summed E-state index contributed by atoms with van der Waals surface area (Å²) in [5.74, 6) is 0. The number of piperidine rings is 1. The van der Waals surface area contributed by atoms with Crippen molar-refractivity contribution in [3.8, 4) is 0 Å². The molecule has 0 bridgehead atoms. The molecule has 1 atom stereocenters. The number of sulfonamides is 1. The quantitative estimate of drug-likeness (QED) is 0.625. The van der Waals surface area contributed by atoms with Crippen molar-refractivity contribution in [2.45, 2.75) is 69.9 Å². The molecule has 8 heteroatoms. The van der Waals surface area contributed by atoms with Crippen molar-refractivity contribution in [3.63, 3.8) is 0 Å². The molecule has 1 N–H and O–H groups in total. The predicted molar refractivity (Wildman–Crippen MR) is 116 cm³/mol. The van der Waals surface area contributed by atoms with Crippen LogP contribution in [0.4, 0.5) is 0 Å². The van der Waals surface area contributed by atoms with Crippen molar-refractivity contribution >= 4 is 31.6 Å². The first-order chi connectivity index (χ1) is 13.5. The summed E-state index contributed by atoms with van der Waals surface area (Å²) in [5, 5.41) is 0. The van der Waals surface area contributed by atoms with Gasteiger partial charge in [-0.3, -0.25) is 9.36 Å². The van der Waals surface area contributed by atoms with Crippen LogP contribution in [0.5, 0.6) is 0 Å². The van der Waals surface area contributed by atoms with Crippen LogP contribution in [0.2, 0.25) is 0 Å². The van der Waals surface area contributed by atoms with Crippen LogP contribution >= 0.6 is 11.3 Å². The van der Waals surface area contributed by atoms with Crippen LogP contribution in [-0.4, -0.2) is 43.6 Å². The SMILES string of the molecule is CCCn1c(=O)sc2cc(S(=O)(=O)NCCCN3CCCC[C@H]3CC)ccc21. The molecular weight excluding hydrogens is 394 g/mol. The number of nitrogens with zero attached hydrogens (tertiary/aromatic N) is 2. The second-order valence-corrected chi connectivity index (χ2v) is 10.3. The van der Waals surface area contributed by atoms with Crippen LogP contribution in [0.25, 0.3) is 10.2 Å². The molecule has 1 aliphatic rings. The number of aryl methyl sites for hydroxylation is 1. The normalized spacial score (nSPS) is 18.7. The first-order valence-corrected chi connectivity index (χ1v) is 12.6. The first kappa shape index (κ1) is 21.5. The molecule has 28 heavy (non-hydrogen) atoms. The Balaban J connectivity index is 1.62. The van der Waals surface area contributed by atoms with Crippen molar-refractivity contribution < 1.29 is 8.42 Å². The maximum atomic E-state index is 12.7. The largest absolute Gasteiger partial charge is 0.308 e. The van der Waals surface area contributed by atoms with E-state index >= 15 is 0 Å². The van der Waals surface area contributed by atoms with E-state index in [2.05, 4.69) is 16.5 Å². The first-order valence-electron chi connectivity index (χ1n) is 10.3. The zero-order chi connectivity index (χ0) is 20.1. The van der Waals surface area contributed by atoms with E-state index in [0.29, 0.717) is 19.1 Å². The maximum absolute atomic E-state index is 12.7. The highest BCUT2D eigenvalue weighted by Crippen LogP contribution is 2.22. The van der Waals surface area contributed by atoms with Crippen LogP contribution < -0.4 is 9.60 Å². The average Bonchev–Trinajstić information content (AvgIpc) is 3.00. The minimum atomic E-state index is -3.56. The van der Waals surface area contributed by atoms with E-state index in [1.165, 1.54) is 19.3 Å². The molecule has 6 nitrogen and oxygen atoms in total. The highest BCUT2D eigenvalue weighted by atomic mass is 32.2. The molecule has 1 aromatic carbocycles. The summed E-state index contributed by atoms with van der Waals surface area (Å²) in [6, 6.07) is 5.61. The van der Waals surface area contributed by atoms with Gasteiger partial charge in [0.25, 0.3) is 0 Å². The molecule has 156 valence electrons. The lowest BCUT2D eigenvalue weighted by atomic mass is 10.00. The molecule has 1 saturated heterocycles. The Morgan fingerprint density at radius 3 is 2.79 bits per heavy atom. The van der Waals surface area contributed by atoms with Gasteiger partial charge < -0.3 is 4.90 Å². The second kappa shape index (κ2) is 9.52. The molecule has 2 aromatic rings. The molecular formula is C20H31N3O3S2. The summed E-state index contributed by atoms with van der Waals surface area (Å²) < 4.78 is 30.5. The molecule has 3 rings (SSSR count). The van der Waals surface area contributed by atoms with E-state index in [4.69, 9.17) is 0 Å². The number of thiazole rings is 1. The fraction of sp³-hybridized carbons (Fsp3) is 0.650. The number of hydrogen-bond acceptors (Lipinski definition) is 5. The van der Waals surface area contributed by atoms with Gasteiger partial charge in [-0.05, 0) is 63.4 Å². The zero-order valence-corrected chi connectivity index (χ0v) is 18.4. The summed E-state index contributed by atoms with van der Waals surface area (Å²) in [4.78, 5) is 14.8. The van der Waals surface area contributed by atoms with Crippen molar-refractivity contribution in [3.05, 3.63) is 27.9 Å². The number of aromatic nitrogens is 1. The summed E-state index contributed by atoms with van der Waals surface area (Å²) >= 11 is 1.11. The van der Waals surface area contributed by atoms with E-state index in [1.807, 2.05) is 6.92 Å².